The Morgan fingerprint density at radius 1 is 1.28 bits per heavy atom. The van der Waals surface area contributed by atoms with Crippen LogP contribution in [0, 0.1) is 35.5 Å². The van der Waals surface area contributed by atoms with E-state index in [1.807, 2.05) is 0 Å². The van der Waals surface area contributed by atoms with Gasteiger partial charge in [-0.3, -0.25) is 9.59 Å². The highest BCUT2D eigenvalue weighted by Crippen LogP contribution is 2.57. The molecule has 5 nitrogen and oxygen atoms in total. The van der Waals surface area contributed by atoms with E-state index in [1.54, 1.807) is 0 Å². The average Bonchev–Trinajstić information content (AvgIpc) is 2.88. The van der Waals surface area contributed by atoms with E-state index in [0.717, 1.165) is 18.4 Å². The predicted octanol–water partition coefficient (Wildman–Crippen LogP) is 3.38. The molecular formula is C24H35NO4. The smallest absolute Gasteiger partial charge is 0.310 e. The average molecular weight is 402 g/mol. The maximum absolute atomic E-state index is 13.5. The van der Waals surface area contributed by atoms with Gasteiger partial charge in [-0.05, 0) is 51.4 Å². The lowest BCUT2D eigenvalue weighted by Crippen LogP contribution is -2.63. The lowest BCUT2D eigenvalue weighted by molar-refractivity contribution is -0.202. The van der Waals surface area contributed by atoms with Crippen LogP contribution in [0.3, 0.4) is 0 Å². The molecule has 0 saturated carbocycles. The van der Waals surface area contributed by atoms with Gasteiger partial charge in [0.2, 0.25) is 5.60 Å². The van der Waals surface area contributed by atoms with E-state index in [9.17, 15) is 14.7 Å². The minimum Gasteiger partial charge on any atom is -0.448 e. The molecule has 1 amide bonds. The number of rotatable bonds is 2. The van der Waals surface area contributed by atoms with E-state index in [0.29, 0.717) is 18.8 Å². The van der Waals surface area contributed by atoms with Crippen molar-refractivity contribution in [2.45, 2.75) is 78.0 Å². The van der Waals surface area contributed by atoms with Crippen molar-refractivity contribution in [1.82, 2.24) is 5.32 Å². The van der Waals surface area contributed by atoms with Crippen LogP contribution in [-0.2, 0) is 14.3 Å². The molecule has 2 aliphatic carbocycles. The van der Waals surface area contributed by atoms with Crippen LogP contribution in [0.2, 0.25) is 0 Å². The van der Waals surface area contributed by atoms with E-state index in [4.69, 9.17) is 4.74 Å². The molecule has 0 aromatic carbocycles. The molecule has 0 radical (unpaired) electrons. The van der Waals surface area contributed by atoms with Gasteiger partial charge < -0.3 is 15.2 Å². The summed E-state index contributed by atoms with van der Waals surface area (Å²) in [6, 6.07) is 0.0106. The Morgan fingerprint density at radius 2 is 2.00 bits per heavy atom. The zero-order valence-corrected chi connectivity index (χ0v) is 18.3. The van der Waals surface area contributed by atoms with Gasteiger partial charge in [0, 0.05) is 23.8 Å². The van der Waals surface area contributed by atoms with Gasteiger partial charge in [-0.1, -0.05) is 44.1 Å². The summed E-state index contributed by atoms with van der Waals surface area (Å²) in [7, 11) is 0. The van der Waals surface area contributed by atoms with Gasteiger partial charge in [0.25, 0.3) is 5.91 Å². The van der Waals surface area contributed by atoms with Gasteiger partial charge >= 0.3 is 5.97 Å². The molecular weight excluding hydrogens is 366 g/mol. The van der Waals surface area contributed by atoms with Crippen LogP contribution >= 0.6 is 0 Å². The molecule has 1 spiro atoms. The second-order valence-corrected chi connectivity index (χ2v) is 10.2. The minimum atomic E-state index is -1.13. The van der Waals surface area contributed by atoms with Gasteiger partial charge in [0.15, 0.2) is 0 Å². The van der Waals surface area contributed by atoms with Crippen molar-refractivity contribution < 1.29 is 19.4 Å². The highest BCUT2D eigenvalue weighted by molar-refractivity contribution is 5.94. The van der Waals surface area contributed by atoms with Crippen LogP contribution in [0.5, 0.6) is 0 Å². The Hall–Kier alpha value is -1.62. The first kappa shape index (κ1) is 20.6. The maximum atomic E-state index is 13.5. The molecule has 5 heteroatoms. The zero-order chi connectivity index (χ0) is 21.1. The number of carbonyl (C=O) groups excluding carboxylic acids is 2. The van der Waals surface area contributed by atoms with Crippen molar-refractivity contribution in [3.63, 3.8) is 0 Å². The molecule has 2 fully saturated rings. The standard InChI is InChI=1S/C24H35NO4/c1-12(2)9-19-21-15(5)14(4)10-18-20-13(3)7-6-8-16(26)11-17(20)22(27)29-24(18,21)23(28)25-19/h7,10,12,15-21,26H,6,8-9,11H2,1-5H3,(H,25,28)/b13-7-/t15-,16+,17+,18-,19+,20+,21+,24-/m1/s1. The summed E-state index contributed by atoms with van der Waals surface area (Å²) in [5.41, 5.74) is 1.30. The molecule has 2 heterocycles. The number of allylic oxidation sites excluding steroid dienone is 3. The number of amides is 1. The van der Waals surface area contributed by atoms with Crippen molar-refractivity contribution in [2.24, 2.45) is 35.5 Å². The second-order valence-electron chi connectivity index (χ2n) is 10.2. The van der Waals surface area contributed by atoms with Crippen molar-refractivity contribution in [2.75, 3.05) is 0 Å². The molecule has 0 bridgehead atoms. The first-order chi connectivity index (χ1) is 13.7. The van der Waals surface area contributed by atoms with Crippen LogP contribution in [-0.4, -0.2) is 34.7 Å². The highest BCUT2D eigenvalue weighted by Gasteiger charge is 2.69. The van der Waals surface area contributed by atoms with Crippen LogP contribution in [0.1, 0.15) is 60.3 Å². The minimum absolute atomic E-state index is 0.0106. The fourth-order valence-corrected chi connectivity index (χ4v) is 6.56. The van der Waals surface area contributed by atoms with Gasteiger partial charge in [0.1, 0.15) is 0 Å². The zero-order valence-electron chi connectivity index (χ0n) is 18.3. The maximum Gasteiger partial charge on any atom is 0.310 e. The summed E-state index contributed by atoms with van der Waals surface area (Å²) in [6.45, 7) is 10.7. The van der Waals surface area contributed by atoms with Gasteiger partial charge in [-0.2, -0.15) is 0 Å². The van der Waals surface area contributed by atoms with Crippen LogP contribution in [0.15, 0.2) is 23.3 Å². The number of nitrogens with one attached hydrogen (secondary N) is 1. The normalized spacial score (nSPS) is 46.2. The molecule has 0 unspecified atom stereocenters. The molecule has 2 aliphatic heterocycles. The molecule has 29 heavy (non-hydrogen) atoms. The topological polar surface area (TPSA) is 75.6 Å². The lowest BCUT2D eigenvalue weighted by atomic mass is 9.55. The molecule has 0 aromatic heterocycles. The first-order valence-corrected chi connectivity index (χ1v) is 11.2. The summed E-state index contributed by atoms with van der Waals surface area (Å²) >= 11 is 0. The Kier molecular flexibility index (Phi) is 5.17. The molecule has 2 saturated heterocycles. The van der Waals surface area contributed by atoms with Crippen LogP contribution < -0.4 is 5.32 Å². The summed E-state index contributed by atoms with van der Waals surface area (Å²) in [5.74, 6) is -0.557. The monoisotopic (exact) mass is 401 g/mol. The number of carbonyl (C=O) groups is 2. The highest BCUT2D eigenvalue weighted by atomic mass is 16.6. The van der Waals surface area contributed by atoms with Crippen molar-refractivity contribution >= 4 is 11.9 Å². The van der Waals surface area contributed by atoms with Crippen molar-refractivity contribution in [3.05, 3.63) is 23.3 Å². The Balaban J connectivity index is 1.85. The molecule has 160 valence electrons. The Morgan fingerprint density at radius 3 is 2.69 bits per heavy atom. The fourth-order valence-electron chi connectivity index (χ4n) is 6.56. The SMILES string of the molecule is CC1=C[C@@H]2[C@H]3/C(C)=C\CC[C@H](O)C[C@@H]3C(=O)O[C@]23C(=O)N[C@@H](CC(C)C)[C@@H]3[C@@H]1C. The Bertz CT molecular complexity index is 769. The molecule has 2 N–H and O–H groups in total. The van der Waals surface area contributed by atoms with Crippen molar-refractivity contribution in [1.29, 1.82) is 0 Å². The quantitative estimate of drug-likeness (QED) is 0.549. The van der Waals surface area contributed by atoms with E-state index in [2.05, 4.69) is 52.1 Å². The number of esters is 1. The largest absolute Gasteiger partial charge is 0.448 e. The number of hydrogen-bond donors (Lipinski definition) is 2. The Labute approximate surface area is 174 Å². The van der Waals surface area contributed by atoms with E-state index in [-0.39, 0.29) is 41.6 Å². The van der Waals surface area contributed by atoms with Gasteiger partial charge in [0.05, 0.1) is 12.0 Å². The van der Waals surface area contributed by atoms with E-state index < -0.39 is 17.6 Å². The van der Waals surface area contributed by atoms with Crippen LogP contribution in [0.4, 0.5) is 0 Å². The number of hydrogen-bond acceptors (Lipinski definition) is 4. The summed E-state index contributed by atoms with van der Waals surface area (Å²) in [6.07, 6.45) is 6.59. The van der Waals surface area contributed by atoms with E-state index in [1.165, 1.54) is 5.57 Å². The number of aliphatic hydroxyl groups is 1. The number of fused-ring (bicyclic) bond motifs is 2. The third-order valence-corrected chi connectivity index (χ3v) is 7.93. The summed E-state index contributed by atoms with van der Waals surface area (Å²) in [4.78, 5) is 26.7. The number of aliphatic hydroxyl groups excluding tert-OH is 1. The predicted molar refractivity (Wildman–Crippen MR) is 111 cm³/mol. The molecule has 0 aromatic rings. The van der Waals surface area contributed by atoms with E-state index >= 15 is 0 Å². The third kappa shape index (κ3) is 3.08. The second kappa shape index (κ2) is 7.26. The van der Waals surface area contributed by atoms with Crippen molar-refractivity contribution in [3.8, 4) is 0 Å². The third-order valence-electron chi connectivity index (χ3n) is 7.93. The summed E-state index contributed by atoms with van der Waals surface area (Å²) in [5, 5.41) is 13.6. The number of ether oxygens (including phenoxy) is 1. The molecule has 8 atom stereocenters. The lowest BCUT2D eigenvalue weighted by Gasteiger charge is -2.53. The van der Waals surface area contributed by atoms with Gasteiger partial charge in [-0.25, -0.2) is 0 Å². The molecule has 4 rings (SSSR count). The van der Waals surface area contributed by atoms with Gasteiger partial charge in [-0.15, -0.1) is 0 Å². The molecule has 4 aliphatic rings. The van der Waals surface area contributed by atoms with Crippen LogP contribution in [0.25, 0.3) is 0 Å². The fraction of sp³-hybridized carbons (Fsp3) is 0.750. The first-order valence-electron chi connectivity index (χ1n) is 11.2. The summed E-state index contributed by atoms with van der Waals surface area (Å²) < 4.78 is 6.17.